The normalized spacial score (nSPS) is 10.2. The van der Waals surface area contributed by atoms with Crippen LogP contribution in [0.3, 0.4) is 0 Å². The van der Waals surface area contributed by atoms with Crippen LogP contribution in [-0.2, 0) is 0 Å². The highest BCUT2D eigenvalue weighted by Gasteiger charge is 2.14. The van der Waals surface area contributed by atoms with Crippen LogP contribution in [0, 0.1) is 6.92 Å². The zero-order valence-electron chi connectivity index (χ0n) is 10.4. The summed E-state index contributed by atoms with van der Waals surface area (Å²) in [5.41, 5.74) is 3.60. The summed E-state index contributed by atoms with van der Waals surface area (Å²) < 4.78 is 0. The van der Waals surface area contributed by atoms with Gasteiger partial charge in [0.25, 0.3) is 5.91 Å². The Balaban J connectivity index is 2.25. The van der Waals surface area contributed by atoms with E-state index in [-0.39, 0.29) is 5.69 Å². The van der Waals surface area contributed by atoms with Crippen LogP contribution in [-0.4, -0.2) is 16.1 Å². The molecule has 1 aromatic carbocycles. The second-order valence-electron chi connectivity index (χ2n) is 3.96. The number of nitrogens with zero attached hydrogens (tertiary/aromatic N) is 2. The summed E-state index contributed by atoms with van der Waals surface area (Å²) in [6, 6.07) is 6.43. The minimum Gasteiger partial charge on any atom is -0.318 e. The van der Waals surface area contributed by atoms with Crippen molar-refractivity contribution in [3.05, 3.63) is 45.6 Å². The van der Waals surface area contributed by atoms with E-state index in [4.69, 9.17) is 29.0 Å². The summed E-state index contributed by atoms with van der Waals surface area (Å²) in [5, 5.41) is 10.8. The summed E-state index contributed by atoms with van der Waals surface area (Å²) >= 11 is 12.1. The first-order valence-corrected chi connectivity index (χ1v) is 6.35. The van der Waals surface area contributed by atoms with Crippen LogP contribution in [0.1, 0.15) is 16.1 Å². The van der Waals surface area contributed by atoms with E-state index in [1.54, 1.807) is 12.1 Å². The number of anilines is 2. The Morgan fingerprint density at radius 3 is 2.55 bits per heavy atom. The largest absolute Gasteiger partial charge is 0.318 e. The first-order valence-electron chi connectivity index (χ1n) is 5.59. The summed E-state index contributed by atoms with van der Waals surface area (Å²) in [6.07, 6.45) is 0. The smallest absolute Gasteiger partial charge is 0.276 e. The molecule has 20 heavy (non-hydrogen) atoms. The third-order valence-electron chi connectivity index (χ3n) is 2.57. The number of halogens is 2. The standard InChI is InChI=1S/C12H11Cl2N5O/c1-6-2-3-7(13)11(10(6)14)16-12(20)8-4-5-9(17-15)19-18-8/h2-5H,15H2,1H3,(H,16,20)(H,17,19). The first-order chi connectivity index (χ1) is 9.52. The second-order valence-corrected chi connectivity index (χ2v) is 4.74. The molecule has 0 saturated heterocycles. The molecule has 0 saturated carbocycles. The average molecular weight is 312 g/mol. The molecule has 0 spiro atoms. The molecule has 1 amide bonds. The fraction of sp³-hybridized carbons (Fsp3) is 0.0833. The van der Waals surface area contributed by atoms with Gasteiger partial charge in [-0.15, -0.1) is 10.2 Å². The van der Waals surface area contributed by atoms with Gasteiger partial charge in [-0.05, 0) is 30.7 Å². The fourth-order valence-corrected chi connectivity index (χ4v) is 1.94. The molecule has 4 N–H and O–H groups in total. The molecule has 8 heteroatoms. The molecule has 1 aromatic heterocycles. The van der Waals surface area contributed by atoms with Crippen LogP contribution in [0.5, 0.6) is 0 Å². The Bertz CT molecular complexity index is 645. The molecule has 0 bridgehead atoms. The maximum absolute atomic E-state index is 12.0. The van der Waals surface area contributed by atoms with E-state index < -0.39 is 5.91 Å². The Labute approximate surface area is 125 Å². The first kappa shape index (κ1) is 14.5. The van der Waals surface area contributed by atoms with E-state index in [2.05, 4.69) is 20.9 Å². The molecule has 0 atom stereocenters. The molecule has 0 unspecified atom stereocenters. The number of nitrogens with two attached hydrogens (primary N) is 1. The minimum absolute atomic E-state index is 0.123. The number of benzene rings is 1. The number of rotatable bonds is 3. The monoisotopic (exact) mass is 311 g/mol. The van der Waals surface area contributed by atoms with E-state index in [1.807, 2.05) is 6.92 Å². The molecule has 2 rings (SSSR count). The van der Waals surface area contributed by atoms with E-state index in [9.17, 15) is 4.79 Å². The van der Waals surface area contributed by atoms with Gasteiger partial charge in [-0.1, -0.05) is 29.3 Å². The summed E-state index contributed by atoms with van der Waals surface area (Å²) in [5.74, 6) is 5.06. The quantitative estimate of drug-likeness (QED) is 0.598. The van der Waals surface area contributed by atoms with Crippen molar-refractivity contribution in [3.63, 3.8) is 0 Å². The predicted octanol–water partition coefficient (Wildman–Crippen LogP) is 2.63. The number of nitrogens with one attached hydrogen (secondary N) is 2. The molecule has 0 aliphatic heterocycles. The molecule has 2 aromatic rings. The zero-order valence-corrected chi connectivity index (χ0v) is 12.0. The molecule has 0 fully saturated rings. The van der Waals surface area contributed by atoms with Gasteiger partial charge >= 0.3 is 0 Å². The summed E-state index contributed by atoms with van der Waals surface area (Å²) in [4.78, 5) is 12.0. The van der Waals surface area contributed by atoms with Crippen molar-refractivity contribution in [2.45, 2.75) is 6.92 Å². The number of carbonyl (C=O) groups excluding carboxylic acids is 1. The van der Waals surface area contributed by atoms with Crippen LogP contribution in [0.4, 0.5) is 11.5 Å². The lowest BCUT2D eigenvalue weighted by Gasteiger charge is -2.10. The van der Waals surface area contributed by atoms with Crippen LogP contribution < -0.4 is 16.6 Å². The Kier molecular flexibility index (Phi) is 4.39. The van der Waals surface area contributed by atoms with Crippen LogP contribution in [0.15, 0.2) is 24.3 Å². The van der Waals surface area contributed by atoms with E-state index >= 15 is 0 Å². The molecule has 104 valence electrons. The van der Waals surface area contributed by atoms with Gasteiger partial charge in [0.1, 0.15) is 0 Å². The highest BCUT2D eigenvalue weighted by molar-refractivity contribution is 6.40. The molecular weight excluding hydrogens is 301 g/mol. The topological polar surface area (TPSA) is 92.9 Å². The maximum Gasteiger partial charge on any atom is 0.276 e. The van der Waals surface area contributed by atoms with E-state index in [0.29, 0.717) is 21.6 Å². The Morgan fingerprint density at radius 2 is 1.95 bits per heavy atom. The maximum atomic E-state index is 12.0. The highest BCUT2D eigenvalue weighted by Crippen LogP contribution is 2.33. The van der Waals surface area contributed by atoms with Crippen molar-refractivity contribution in [1.82, 2.24) is 10.2 Å². The SMILES string of the molecule is Cc1ccc(Cl)c(NC(=O)c2ccc(NN)nn2)c1Cl. The van der Waals surface area contributed by atoms with Gasteiger partial charge in [0, 0.05) is 0 Å². The highest BCUT2D eigenvalue weighted by atomic mass is 35.5. The number of nitrogen functional groups attached to an aromatic ring is 1. The average Bonchev–Trinajstić information content (AvgIpc) is 2.47. The molecule has 6 nitrogen and oxygen atoms in total. The van der Waals surface area contributed by atoms with Crippen molar-refractivity contribution < 1.29 is 4.79 Å². The van der Waals surface area contributed by atoms with Crippen molar-refractivity contribution in [1.29, 1.82) is 0 Å². The third-order valence-corrected chi connectivity index (χ3v) is 3.37. The fourth-order valence-electron chi connectivity index (χ4n) is 1.48. The lowest BCUT2D eigenvalue weighted by molar-refractivity contribution is 0.102. The molecule has 1 heterocycles. The van der Waals surface area contributed by atoms with E-state index in [1.165, 1.54) is 12.1 Å². The molecule has 0 aliphatic carbocycles. The lowest BCUT2D eigenvalue weighted by Crippen LogP contribution is -2.16. The van der Waals surface area contributed by atoms with Crippen LogP contribution in [0.2, 0.25) is 10.0 Å². The van der Waals surface area contributed by atoms with Gasteiger partial charge in [-0.3, -0.25) is 4.79 Å². The zero-order chi connectivity index (χ0) is 14.7. The van der Waals surface area contributed by atoms with Gasteiger partial charge in [0.2, 0.25) is 0 Å². The lowest BCUT2D eigenvalue weighted by atomic mass is 10.2. The number of aryl methyl sites for hydroxylation is 1. The molecule has 0 aliphatic rings. The van der Waals surface area contributed by atoms with Crippen molar-refractivity contribution in [2.24, 2.45) is 5.84 Å². The van der Waals surface area contributed by atoms with Crippen LogP contribution >= 0.6 is 23.2 Å². The van der Waals surface area contributed by atoms with Crippen molar-refractivity contribution in [2.75, 3.05) is 10.7 Å². The number of hydrogen-bond acceptors (Lipinski definition) is 5. The molecular formula is C12H11Cl2N5O. The summed E-state index contributed by atoms with van der Waals surface area (Å²) in [7, 11) is 0. The summed E-state index contributed by atoms with van der Waals surface area (Å²) in [6.45, 7) is 1.82. The van der Waals surface area contributed by atoms with Gasteiger partial charge < -0.3 is 10.7 Å². The van der Waals surface area contributed by atoms with Gasteiger partial charge in [-0.2, -0.15) is 0 Å². The number of aromatic nitrogens is 2. The third kappa shape index (κ3) is 2.98. The Morgan fingerprint density at radius 1 is 1.20 bits per heavy atom. The van der Waals surface area contributed by atoms with E-state index in [0.717, 1.165) is 5.56 Å². The Hall–Kier alpha value is -1.89. The molecule has 0 radical (unpaired) electrons. The van der Waals surface area contributed by atoms with Gasteiger partial charge in [0.05, 0.1) is 15.7 Å². The number of hydrogen-bond donors (Lipinski definition) is 3. The number of carbonyl (C=O) groups is 1. The predicted molar refractivity (Wildman–Crippen MR) is 79.0 cm³/mol. The van der Waals surface area contributed by atoms with Crippen molar-refractivity contribution in [3.8, 4) is 0 Å². The number of hydrazine groups is 1. The van der Waals surface area contributed by atoms with Gasteiger partial charge in [-0.25, -0.2) is 5.84 Å². The number of amides is 1. The second kappa shape index (κ2) is 6.04. The van der Waals surface area contributed by atoms with Crippen molar-refractivity contribution >= 4 is 40.6 Å². The van der Waals surface area contributed by atoms with Crippen LogP contribution in [0.25, 0.3) is 0 Å². The van der Waals surface area contributed by atoms with Gasteiger partial charge in [0.15, 0.2) is 11.5 Å². The minimum atomic E-state index is -0.463.